The van der Waals surface area contributed by atoms with Crippen LogP contribution in [0.1, 0.15) is 0 Å². The monoisotopic (exact) mass is 85.0 g/mol. The van der Waals surface area contributed by atoms with E-state index in [1.165, 1.54) is 6.40 Å². The summed E-state index contributed by atoms with van der Waals surface area (Å²) in [7, 11) is 0. The minimum atomic E-state index is 0.309. The van der Waals surface area contributed by atoms with E-state index in [2.05, 4.69) is 20.2 Å². The van der Waals surface area contributed by atoms with Gasteiger partial charge in [-0.25, -0.2) is 0 Å². The fourth-order valence-electron chi connectivity index (χ4n) is 0.183. The largest absolute Gasteiger partial charge is 0.457 e. The Bertz CT molecular complexity index is 74.8. The lowest BCUT2D eigenvalue weighted by Crippen LogP contribution is -1.88. The minimum Gasteiger partial charge on any atom is -0.457 e. The van der Waals surface area contributed by atoms with Crippen LogP contribution in [0.3, 0.4) is 0 Å². The van der Waals surface area contributed by atoms with Gasteiger partial charge in [0.1, 0.15) is 0 Å². The second kappa shape index (κ2) is 1.49. The molecule has 1 heterocycles. The van der Waals surface area contributed by atoms with E-state index in [0.29, 0.717) is 6.73 Å². The number of ether oxygens (including phenoxy) is 1. The summed E-state index contributed by atoms with van der Waals surface area (Å²) in [4.78, 5) is 0. The van der Waals surface area contributed by atoms with E-state index in [0.717, 1.165) is 0 Å². The number of hydrogen-bond donors (Lipinski definition) is 0. The Balaban J connectivity index is 2.46. The van der Waals surface area contributed by atoms with Crippen molar-refractivity contribution in [3.05, 3.63) is 0 Å². The van der Waals surface area contributed by atoms with Gasteiger partial charge >= 0.3 is 0 Å². The molecule has 0 fully saturated rings. The van der Waals surface area contributed by atoms with Crippen LogP contribution in [0.2, 0.25) is 0 Å². The van der Waals surface area contributed by atoms with Crippen LogP contribution in [0.5, 0.6) is 0 Å². The van der Waals surface area contributed by atoms with Gasteiger partial charge in [-0.3, -0.25) is 0 Å². The summed E-state index contributed by atoms with van der Waals surface area (Å²) in [6.07, 6.45) is 1.26. The van der Waals surface area contributed by atoms with Gasteiger partial charge in [-0.1, -0.05) is 0 Å². The normalized spacial score (nSPS) is 17.3. The maximum absolute atomic E-state index is 4.52. The maximum atomic E-state index is 4.52. The number of rotatable bonds is 0. The molecular formula is C2H3N3O. The molecule has 0 radical (unpaired) electrons. The highest BCUT2D eigenvalue weighted by Gasteiger charge is 1.78. The van der Waals surface area contributed by atoms with Crippen LogP contribution < -0.4 is 0 Å². The van der Waals surface area contributed by atoms with E-state index >= 15 is 0 Å². The average molecular weight is 85.1 g/mol. The Morgan fingerprint density at radius 3 is 2.83 bits per heavy atom. The van der Waals surface area contributed by atoms with Gasteiger partial charge < -0.3 is 4.74 Å². The fraction of sp³-hybridized carbons (Fsp3) is 0.500. The second-order valence-electron chi connectivity index (χ2n) is 0.748. The topological polar surface area (TPSA) is 46.3 Å². The van der Waals surface area contributed by atoms with Gasteiger partial charge in [0.25, 0.3) is 0 Å². The average Bonchev–Trinajstić information content (AvgIpc) is 1.72. The van der Waals surface area contributed by atoms with Gasteiger partial charge in [0.05, 0.1) is 0 Å². The predicted octanol–water partition coefficient (Wildman–Crippen LogP) is 0.370. The lowest BCUT2D eigenvalue weighted by molar-refractivity contribution is 0.310. The molecule has 6 heavy (non-hydrogen) atoms. The summed E-state index contributed by atoms with van der Waals surface area (Å²) in [6, 6.07) is 0. The summed E-state index contributed by atoms with van der Waals surface area (Å²) >= 11 is 0. The predicted molar refractivity (Wildman–Crippen MR) is 19.3 cm³/mol. The van der Waals surface area contributed by atoms with Crippen LogP contribution in [0, 0.1) is 0 Å². The molecule has 0 bridgehead atoms. The Morgan fingerprint density at radius 1 is 1.67 bits per heavy atom. The zero-order chi connectivity index (χ0) is 4.24. The Morgan fingerprint density at radius 2 is 2.67 bits per heavy atom. The zero-order valence-electron chi connectivity index (χ0n) is 3.03. The third-order valence-corrected chi connectivity index (χ3v) is 0.369. The van der Waals surface area contributed by atoms with Crippen molar-refractivity contribution in [2.24, 2.45) is 15.4 Å². The SMILES string of the molecule is C1=NN=NCO1. The minimum absolute atomic E-state index is 0.309. The van der Waals surface area contributed by atoms with Gasteiger partial charge in [0.2, 0.25) is 6.73 Å². The molecule has 0 aromatic heterocycles. The zero-order valence-corrected chi connectivity index (χ0v) is 3.03. The standard InChI is InChI=1S/C2H3N3O/c1-3-5-4-2-6-1/h1H,2H2. The third kappa shape index (κ3) is 0.512. The van der Waals surface area contributed by atoms with Crippen molar-refractivity contribution in [3.8, 4) is 0 Å². The van der Waals surface area contributed by atoms with Crippen molar-refractivity contribution in [2.45, 2.75) is 0 Å². The first-order valence-electron chi connectivity index (χ1n) is 1.50. The molecule has 1 rings (SSSR count). The molecule has 0 amide bonds. The first-order valence-corrected chi connectivity index (χ1v) is 1.50. The van der Waals surface area contributed by atoms with Crippen LogP contribution in [0.25, 0.3) is 0 Å². The maximum Gasteiger partial charge on any atom is 0.201 e. The van der Waals surface area contributed by atoms with Gasteiger partial charge in [-0.05, 0) is 5.22 Å². The van der Waals surface area contributed by atoms with E-state index in [-0.39, 0.29) is 0 Å². The fourth-order valence-corrected chi connectivity index (χ4v) is 0.183. The second-order valence-corrected chi connectivity index (χ2v) is 0.748. The molecule has 0 aromatic rings. The molecule has 1 aliphatic heterocycles. The van der Waals surface area contributed by atoms with Crippen molar-refractivity contribution in [1.29, 1.82) is 0 Å². The Labute approximate surface area is 34.5 Å². The molecule has 0 spiro atoms. The third-order valence-electron chi connectivity index (χ3n) is 0.369. The molecule has 4 nitrogen and oxygen atoms in total. The molecule has 1 aliphatic rings. The van der Waals surface area contributed by atoms with Crippen LogP contribution in [0.15, 0.2) is 15.4 Å². The molecule has 0 N–H and O–H groups in total. The van der Waals surface area contributed by atoms with Gasteiger partial charge in [0, 0.05) is 0 Å². The molecule has 4 heteroatoms. The van der Waals surface area contributed by atoms with Crippen molar-refractivity contribution in [3.63, 3.8) is 0 Å². The molecule has 32 valence electrons. The molecular weight excluding hydrogens is 82.0 g/mol. The van der Waals surface area contributed by atoms with Crippen LogP contribution in [-0.4, -0.2) is 13.1 Å². The lowest BCUT2D eigenvalue weighted by atomic mass is 11.2. The van der Waals surface area contributed by atoms with Crippen molar-refractivity contribution in [2.75, 3.05) is 6.73 Å². The van der Waals surface area contributed by atoms with Crippen molar-refractivity contribution >= 4 is 6.40 Å². The Hall–Kier alpha value is -0.930. The van der Waals surface area contributed by atoms with Crippen LogP contribution in [-0.2, 0) is 4.74 Å². The van der Waals surface area contributed by atoms with Gasteiger partial charge in [-0.2, -0.15) is 0 Å². The van der Waals surface area contributed by atoms with Gasteiger partial charge in [0.15, 0.2) is 6.40 Å². The molecule has 0 saturated heterocycles. The van der Waals surface area contributed by atoms with Gasteiger partial charge in [-0.15, -0.1) is 10.2 Å². The highest BCUT2D eigenvalue weighted by molar-refractivity contribution is 5.45. The van der Waals surface area contributed by atoms with Crippen molar-refractivity contribution in [1.82, 2.24) is 0 Å². The van der Waals surface area contributed by atoms with E-state index in [1.807, 2.05) is 0 Å². The molecule has 0 saturated carbocycles. The van der Waals surface area contributed by atoms with Crippen LogP contribution in [0.4, 0.5) is 0 Å². The first-order chi connectivity index (χ1) is 3.00. The van der Waals surface area contributed by atoms with E-state index in [4.69, 9.17) is 0 Å². The summed E-state index contributed by atoms with van der Waals surface area (Å²) in [5.74, 6) is 0. The molecule has 0 aliphatic carbocycles. The quantitative estimate of drug-likeness (QED) is 0.419. The number of hydrogen-bond acceptors (Lipinski definition) is 4. The molecule has 0 atom stereocenters. The highest BCUT2D eigenvalue weighted by atomic mass is 16.5. The first kappa shape index (κ1) is 3.27. The van der Waals surface area contributed by atoms with Crippen LogP contribution >= 0.6 is 0 Å². The summed E-state index contributed by atoms with van der Waals surface area (Å²) in [6.45, 7) is 0.309. The van der Waals surface area contributed by atoms with E-state index in [1.54, 1.807) is 0 Å². The van der Waals surface area contributed by atoms with E-state index in [9.17, 15) is 0 Å². The van der Waals surface area contributed by atoms with E-state index < -0.39 is 0 Å². The smallest absolute Gasteiger partial charge is 0.201 e. The molecule has 0 unspecified atom stereocenters. The molecule has 0 aromatic carbocycles. The summed E-state index contributed by atoms with van der Waals surface area (Å²) < 4.78 is 4.52. The Kier molecular flexibility index (Phi) is 0.813. The summed E-state index contributed by atoms with van der Waals surface area (Å²) in [5.41, 5.74) is 0. The number of nitrogens with zero attached hydrogens (tertiary/aromatic N) is 3. The lowest BCUT2D eigenvalue weighted by Gasteiger charge is -1.91. The highest BCUT2D eigenvalue weighted by Crippen LogP contribution is 1.82. The van der Waals surface area contributed by atoms with Crippen molar-refractivity contribution < 1.29 is 4.74 Å². The summed E-state index contributed by atoms with van der Waals surface area (Å²) in [5, 5.41) is 9.92.